The summed E-state index contributed by atoms with van der Waals surface area (Å²) in [6.45, 7) is 4.30. The van der Waals surface area contributed by atoms with Crippen molar-refractivity contribution in [1.82, 2.24) is 0 Å². The Kier molecular flexibility index (Phi) is 3.98. The molecule has 4 rings (SSSR count). The topological polar surface area (TPSA) is 54.4 Å². The number of carbonyl (C=O) groups excluding carboxylic acids is 1. The van der Waals surface area contributed by atoms with E-state index in [0.717, 1.165) is 12.8 Å². The molecule has 3 atom stereocenters. The van der Waals surface area contributed by atoms with E-state index in [-0.39, 0.29) is 35.9 Å². The van der Waals surface area contributed by atoms with Crippen molar-refractivity contribution in [3.05, 3.63) is 53.6 Å². The maximum atomic E-state index is 12.8. The number of carbonyl (C=O) groups is 2. The minimum atomic E-state index is -0.900. The number of carboxylic acid groups (broad SMARTS) is 1. The fourth-order valence-corrected chi connectivity index (χ4v) is 5.26. The molecule has 0 unspecified atom stereocenters. The SMILES string of the molecule is C[C@@H]1C=C2c3ccc4ccccc4c3CC[C@]2(C)[C@H]1C(=O)CCC(=O)O. The number of ketones is 1. The van der Waals surface area contributed by atoms with Gasteiger partial charge in [-0.1, -0.05) is 56.3 Å². The second-order valence-electron chi connectivity index (χ2n) is 8.01. The molecule has 0 fully saturated rings. The first kappa shape index (κ1) is 17.0. The van der Waals surface area contributed by atoms with Gasteiger partial charge in [0.05, 0.1) is 6.42 Å². The first-order valence-corrected chi connectivity index (χ1v) is 9.39. The smallest absolute Gasteiger partial charge is 0.303 e. The van der Waals surface area contributed by atoms with Crippen LogP contribution in [0.3, 0.4) is 0 Å². The quantitative estimate of drug-likeness (QED) is 0.857. The number of hydrogen-bond donors (Lipinski definition) is 1. The monoisotopic (exact) mass is 348 g/mol. The van der Waals surface area contributed by atoms with Gasteiger partial charge < -0.3 is 5.11 Å². The van der Waals surface area contributed by atoms with Crippen LogP contribution in [0.1, 0.15) is 44.2 Å². The van der Waals surface area contributed by atoms with E-state index in [1.54, 1.807) is 0 Å². The number of benzene rings is 2. The summed E-state index contributed by atoms with van der Waals surface area (Å²) in [6.07, 6.45) is 4.21. The van der Waals surface area contributed by atoms with Crippen molar-refractivity contribution in [2.45, 2.75) is 39.5 Å². The van der Waals surface area contributed by atoms with Crippen LogP contribution in [0.4, 0.5) is 0 Å². The lowest BCUT2D eigenvalue weighted by atomic mass is 9.62. The second kappa shape index (κ2) is 6.08. The zero-order valence-corrected chi connectivity index (χ0v) is 15.3. The molecule has 1 N–H and O–H groups in total. The number of aryl methyl sites for hydroxylation is 1. The minimum Gasteiger partial charge on any atom is -0.481 e. The molecule has 2 aliphatic carbocycles. The van der Waals surface area contributed by atoms with E-state index in [2.05, 4.69) is 56.3 Å². The van der Waals surface area contributed by atoms with Crippen LogP contribution < -0.4 is 0 Å². The Morgan fingerprint density at radius 2 is 1.92 bits per heavy atom. The summed E-state index contributed by atoms with van der Waals surface area (Å²) in [7, 11) is 0. The fraction of sp³-hybridized carbons (Fsp3) is 0.391. The van der Waals surface area contributed by atoms with Gasteiger partial charge in [-0.3, -0.25) is 9.59 Å². The molecule has 0 radical (unpaired) electrons. The standard InChI is InChI=1S/C23H24O3/c1-14-13-19-18-8-7-15-5-3-4-6-16(15)17(18)11-12-23(19,2)22(14)20(24)9-10-21(25)26/h3-8,13-14,22H,9-12H2,1-2H3,(H,25,26)/t14-,22-,23+/m1/s1. The predicted molar refractivity (Wildman–Crippen MR) is 103 cm³/mol. The van der Waals surface area contributed by atoms with Crippen LogP contribution in [0.5, 0.6) is 0 Å². The highest BCUT2D eigenvalue weighted by Crippen LogP contribution is 2.58. The lowest BCUT2D eigenvalue weighted by Crippen LogP contribution is -2.36. The van der Waals surface area contributed by atoms with Gasteiger partial charge in [0.2, 0.25) is 0 Å². The summed E-state index contributed by atoms with van der Waals surface area (Å²) < 4.78 is 0. The molecule has 0 saturated carbocycles. The number of fused-ring (bicyclic) bond motifs is 5. The maximum absolute atomic E-state index is 12.8. The molecule has 3 nitrogen and oxygen atoms in total. The van der Waals surface area contributed by atoms with Gasteiger partial charge in [0, 0.05) is 17.8 Å². The van der Waals surface area contributed by atoms with Crippen molar-refractivity contribution in [3.63, 3.8) is 0 Å². The highest BCUT2D eigenvalue weighted by molar-refractivity contribution is 5.95. The Balaban J connectivity index is 1.75. The third-order valence-electron chi connectivity index (χ3n) is 6.41. The molecule has 2 aromatic carbocycles. The van der Waals surface area contributed by atoms with Crippen molar-refractivity contribution in [3.8, 4) is 0 Å². The molecule has 0 amide bonds. The van der Waals surface area contributed by atoms with E-state index < -0.39 is 5.97 Å². The lowest BCUT2D eigenvalue weighted by molar-refractivity contribution is -0.139. The Morgan fingerprint density at radius 1 is 1.15 bits per heavy atom. The first-order chi connectivity index (χ1) is 12.4. The number of allylic oxidation sites excluding steroid dienone is 2. The molecule has 2 aromatic rings. The van der Waals surface area contributed by atoms with Crippen LogP contribution in [0.25, 0.3) is 16.3 Å². The summed E-state index contributed by atoms with van der Waals surface area (Å²) in [5.74, 6) is -0.772. The van der Waals surface area contributed by atoms with Gasteiger partial charge in [0.15, 0.2) is 0 Å². The Morgan fingerprint density at radius 3 is 2.69 bits per heavy atom. The molecule has 0 heterocycles. The van der Waals surface area contributed by atoms with Crippen LogP contribution >= 0.6 is 0 Å². The van der Waals surface area contributed by atoms with E-state index in [0.29, 0.717) is 0 Å². The molecule has 0 spiro atoms. The van der Waals surface area contributed by atoms with Gasteiger partial charge in [-0.2, -0.15) is 0 Å². The van der Waals surface area contributed by atoms with Gasteiger partial charge in [-0.05, 0) is 46.2 Å². The van der Waals surface area contributed by atoms with E-state index in [1.165, 1.54) is 27.5 Å². The van der Waals surface area contributed by atoms with Crippen molar-refractivity contribution in [2.75, 3.05) is 0 Å². The Labute approximate surface area is 153 Å². The van der Waals surface area contributed by atoms with Gasteiger partial charge >= 0.3 is 5.97 Å². The highest BCUT2D eigenvalue weighted by atomic mass is 16.4. The summed E-state index contributed by atoms with van der Waals surface area (Å²) in [6, 6.07) is 12.9. The summed E-state index contributed by atoms with van der Waals surface area (Å²) in [5.41, 5.74) is 3.76. The summed E-state index contributed by atoms with van der Waals surface area (Å²) >= 11 is 0. The van der Waals surface area contributed by atoms with Gasteiger partial charge in [-0.25, -0.2) is 0 Å². The van der Waals surface area contributed by atoms with E-state index >= 15 is 0 Å². The van der Waals surface area contributed by atoms with Crippen LogP contribution in [0, 0.1) is 17.3 Å². The molecule has 3 heteroatoms. The highest BCUT2D eigenvalue weighted by Gasteiger charge is 2.50. The molecule has 0 bridgehead atoms. The number of aliphatic carboxylic acids is 1. The zero-order chi connectivity index (χ0) is 18.5. The first-order valence-electron chi connectivity index (χ1n) is 9.39. The van der Waals surface area contributed by atoms with Crippen molar-refractivity contribution in [1.29, 1.82) is 0 Å². The molecule has 0 aliphatic heterocycles. The van der Waals surface area contributed by atoms with Crippen LogP contribution in [0.15, 0.2) is 42.5 Å². The van der Waals surface area contributed by atoms with Gasteiger partial charge in [0.25, 0.3) is 0 Å². The van der Waals surface area contributed by atoms with Crippen molar-refractivity contribution < 1.29 is 14.7 Å². The molecular formula is C23H24O3. The predicted octanol–water partition coefficient (Wildman–Crippen LogP) is 4.88. The van der Waals surface area contributed by atoms with Crippen LogP contribution in [-0.4, -0.2) is 16.9 Å². The fourth-order valence-electron chi connectivity index (χ4n) is 5.26. The third-order valence-corrected chi connectivity index (χ3v) is 6.41. The number of hydrogen-bond acceptors (Lipinski definition) is 2. The minimum absolute atomic E-state index is 0.0747. The number of carboxylic acids is 1. The van der Waals surface area contributed by atoms with E-state index in [1.807, 2.05) is 0 Å². The molecule has 134 valence electrons. The Hall–Kier alpha value is -2.42. The second-order valence-corrected chi connectivity index (χ2v) is 8.01. The average Bonchev–Trinajstić information content (AvgIpc) is 2.89. The van der Waals surface area contributed by atoms with Gasteiger partial charge in [0.1, 0.15) is 5.78 Å². The van der Waals surface area contributed by atoms with Crippen molar-refractivity contribution >= 4 is 28.1 Å². The molecular weight excluding hydrogens is 324 g/mol. The van der Waals surface area contributed by atoms with E-state index in [9.17, 15) is 9.59 Å². The summed E-state index contributed by atoms with van der Waals surface area (Å²) in [4.78, 5) is 23.7. The van der Waals surface area contributed by atoms with Crippen molar-refractivity contribution in [2.24, 2.45) is 17.3 Å². The summed E-state index contributed by atoms with van der Waals surface area (Å²) in [5, 5.41) is 11.5. The molecule has 0 saturated heterocycles. The number of Topliss-reactive ketones (excluding diaryl/α,β-unsaturated/α-hetero) is 1. The largest absolute Gasteiger partial charge is 0.481 e. The third kappa shape index (κ3) is 2.49. The molecule has 0 aromatic heterocycles. The van der Waals surface area contributed by atoms with Crippen LogP contribution in [-0.2, 0) is 16.0 Å². The maximum Gasteiger partial charge on any atom is 0.303 e. The average molecular weight is 348 g/mol. The lowest BCUT2D eigenvalue weighted by Gasteiger charge is -2.40. The molecule has 2 aliphatic rings. The van der Waals surface area contributed by atoms with Gasteiger partial charge in [-0.15, -0.1) is 0 Å². The van der Waals surface area contributed by atoms with Crippen LogP contribution in [0.2, 0.25) is 0 Å². The zero-order valence-electron chi connectivity index (χ0n) is 15.3. The number of rotatable bonds is 4. The molecule has 26 heavy (non-hydrogen) atoms. The Bertz CT molecular complexity index is 940. The van der Waals surface area contributed by atoms with E-state index in [4.69, 9.17) is 5.11 Å². The normalized spacial score (nSPS) is 26.9.